The maximum Gasteiger partial charge on any atom is 0.243 e. The van der Waals surface area contributed by atoms with Crippen LogP contribution < -0.4 is 5.32 Å². The fourth-order valence-electron chi connectivity index (χ4n) is 5.07. The van der Waals surface area contributed by atoms with Gasteiger partial charge in [0.1, 0.15) is 0 Å². The topological polar surface area (TPSA) is 66.5 Å². The van der Waals surface area contributed by atoms with E-state index >= 15 is 0 Å². The van der Waals surface area contributed by atoms with E-state index in [0.717, 1.165) is 31.1 Å². The van der Waals surface area contributed by atoms with Gasteiger partial charge in [0.15, 0.2) is 0 Å². The van der Waals surface area contributed by atoms with E-state index in [1.165, 1.54) is 25.7 Å². The molecule has 1 amide bonds. The smallest absolute Gasteiger partial charge is 0.243 e. The molecule has 1 heterocycles. The first-order chi connectivity index (χ1) is 12.5. The van der Waals surface area contributed by atoms with Crippen LogP contribution in [-0.4, -0.2) is 31.7 Å². The predicted molar refractivity (Wildman–Crippen MR) is 101 cm³/mol. The molecule has 2 bridgehead atoms. The molecular weight excluding hydrogens is 348 g/mol. The molecule has 1 N–H and O–H groups in total. The van der Waals surface area contributed by atoms with Gasteiger partial charge < -0.3 is 5.32 Å². The lowest BCUT2D eigenvalue weighted by atomic mass is 9.86. The van der Waals surface area contributed by atoms with Crippen molar-refractivity contribution in [3.8, 4) is 0 Å². The standard InChI is InChI=1S/C20H28N2O3S/c23-20(13-17-12-15-7-8-16(17)11-15)21-18-5-4-6-19(14-18)26(24,25)22-9-2-1-3-10-22/h4-6,14-17H,1-3,7-13H2,(H,21,23)/t15-,16+,17-/m0/s1. The zero-order chi connectivity index (χ0) is 18.1. The summed E-state index contributed by atoms with van der Waals surface area (Å²) in [5.74, 6) is 2.07. The number of rotatable bonds is 5. The van der Waals surface area contributed by atoms with Crippen molar-refractivity contribution in [3.63, 3.8) is 0 Å². The number of anilines is 1. The molecule has 0 radical (unpaired) electrons. The Labute approximate surface area is 156 Å². The van der Waals surface area contributed by atoms with Gasteiger partial charge in [-0.3, -0.25) is 4.79 Å². The van der Waals surface area contributed by atoms with Crippen LogP contribution in [0, 0.1) is 17.8 Å². The van der Waals surface area contributed by atoms with Crippen molar-refractivity contribution in [2.45, 2.75) is 56.3 Å². The number of sulfonamides is 1. The van der Waals surface area contributed by atoms with E-state index in [4.69, 9.17) is 0 Å². The number of benzene rings is 1. The van der Waals surface area contributed by atoms with Crippen molar-refractivity contribution in [1.82, 2.24) is 4.31 Å². The third-order valence-electron chi connectivity index (χ3n) is 6.40. The summed E-state index contributed by atoms with van der Waals surface area (Å²) >= 11 is 0. The van der Waals surface area contributed by atoms with Crippen LogP contribution in [0.1, 0.15) is 51.4 Å². The highest BCUT2D eigenvalue weighted by Crippen LogP contribution is 2.49. The van der Waals surface area contributed by atoms with Crippen LogP contribution in [0.2, 0.25) is 0 Å². The Morgan fingerprint density at radius 2 is 1.92 bits per heavy atom. The van der Waals surface area contributed by atoms with Gasteiger partial charge in [-0.2, -0.15) is 4.31 Å². The third-order valence-corrected chi connectivity index (χ3v) is 8.30. The maximum absolute atomic E-state index is 12.8. The predicted octanol–water partition coefficient (Wildman–Crippen LogP) is 3.63. The highest BCUT2D eigenvalue weighted by Gasteiger charge is 2.40. The van der Waals surface area contributed by atoms with Crippen LogP contribution in [0.5, 0.6) is 0 Å². The Morgan fingerprint density at radius 1 is 1.12 bits per heavy atom. The summed E-state index contributed by atoms with van der Waals surface area (Å²) in [7, 11) is -3.47. The van der Waals surface area contributed by atoms with E-state index in [0.29, 0.717) is 31.1 Å². The van der Waals surface area contributed by atoms with Crippen molar-refractivity contribution in [1.29, 1.82) is 0 Å². The molecule has 0 aromatic heterocycles. The first kappa shape index (κ1) is 18.0. The monoisotopic (exact) mass is 376 g/mol. The van der Waals surface area contributed by atoms with Gasteiger partial charge in [0.2, 0.25) is 15.9 Å². The molecule has 1 aliphatic heterocycles. The minimum atomic E-state index is -3.47. The van der Waals surface area contributed by atoms with Crippen LogP contribution in [0.3, 0.4) is 0 Å². The lowest BCUT2D eigenvalue weighted by Crippen LogP contribution is -2.35. The second kappa shape index (κ2) is 7.31. The van der Waals surface area contributed by atoms with Crippen molar-refractivity contribution < 1.29 is 13.2 Å². The Kier molecular flexibility index (Phi) is 5.06. The van der Waals surface area contributed by atoms with Gasteiger partial charge in [0.05, 0.1) is 4.90 Å². The molecular formula is C20H28N2O3S. The van der Waals surface area contributed by atoms with Gasteiger partial charge in [0, 0.05) is 25.2 Å². The maximum atomic E-state index is 12.8. The average molecular weight is 377 g/mol. The van der Waals surface area contributed by atoms with Crippen LogP contribution in [0.4, 0.5) is 5.69 Å². The first-order valence-electron chi connectivity index (χ1n) is 9.92. The van der Waals surface area contributed by atoms with Crippen molar-refractivity contribution in [2.75, 3.05) is 18.4 Å². The number of hydrogen-bond acceptors (Lipinski definition) is 3. The fraction of sp³-hybridized carbons (Fsp3) is 0.650. The Morgan fingerprint density at radius 3 is 2.62 bits per heavy atom. The summed E-state index contributed by atoms with van der Waals surface area (Å²) in [6.45, 7) is 1.17. The molecule has 3 fully saturated rings. The lowest BCUT2D eigenvalue weighted by molar-refractivity contribution is -0.117. The molecule has 3 aliphatic rings. The number of carbonyl (C=O) groups is 1. The summed E-state index contributed by atoms with van der Waals surface area (Å²) in [5, 5.41) is 2.92. The zero-order valence-corrected chi connectivity index (χ0v) is 16.0. The van der Waals surface area contributed by atoms with E-state index < -0.39 is 10.0 Å². The molecule has 2 saturated carbocycles. The second-order valence-electron chi connectivity index (χ2n) is 8.18. The molecule has 6 heteroatoms. The Bertz CT molecular complexity index is 771. The average Bonchev–Trinajstić information content (AvgIpc) is 3.25. The fourth-order valence-corrected chi connectivity index (χ4v) is 6.63. The van der Waals surface area contributed by atoms with Crippen LogP contribution in [0.25, 0.3) is 0 Å². The van der Waals surface area contributed by atoms with Gasteiger partial charge in [-0.15, -0.1) is 0 Å². The molecule has 0 spiro atoms. The summed E-state index contributed by atoms with van der Waals surface area (Å²) < 4.78 is 27.2. The number of carbonyl (C=O) groups excluding carboxylic acids is 1. The highest BCUT2D eigenvalue weighted by molar-refractivity contribution is 7.89. The summed E-state index contributed by atoms with van der Waals surface area (Å²) in [6, 6.07) is 6.70. The zero-order valence-electron chi connectivity index (χ0n) is 15.2. The normalized spacial score (nSPS) is 29.0. The van der Waals surface area contributed by atoms with E-state index in [2.05, 4.69) is 5.32 Å². The number of hydrogen-bond donors (Lipinski definition) is 1. The first-order valence-corrected chi connectivity index (χ1v) is 11.4. The number of nitrogens with one attached hydrogen (secondary N) is 1. The molecule has 26 heavy (non-hydrogen) atoms. The minimum absolute atomic E-state index is 0.00932. The van der Waals surface area contributed by atoms with Gasteiger partial charge in [0.25, 0.3) is 0 Å². The largest absolute Gasteiger partial charge is 0.326 e. The Balaban J connectivity index is 1.41. The van der Waals surface area contributed by atoms with Gasteiger partial charge >= 0.3 is 0 Å². The van der Waals surface area contributed by atoms with E-state index in [1.807, 2.05) is 0 Å². The van der Waals surface area contributed by atoms with Crippen LogP contribution in [-0.2, 0) is 14.8 Å². The molecule has 4 rings (SSSR count). The van der Waals surface area contributed by atoms with Gasteiger partial charge in [-0.1, -0.05) is 18.9 Å². The highest BCUT2D eigenvalue weighted by atomic mass is 32.2. The second-order valence-corrected chi connectivity index (χ2v) is 10.1. The van der Waals surface area contributed by atoms with Crippen LogP contribution in [0.15, 0.2) is 29.2 Å². The minimum Gasteiger partial charge on any atom is -0.326 e. The number of amides is 1. The molecule has 1 aromatic carbocycles. The van der Waals surface area contributed by atoms with E-state index in [1.54, 1.807) is 28.6 Å². The third kappa shape index (κ3) is 3.67. The Hall–Kier alpha value is -1.40. The molecule has 142 valence electrons. The number of piperidine rings is 1. The quantitative estimate of drug-likeness (QED) is 0.853. The molecule has 0 unspecified atom stereocenters. The van der Waals surface area contributed by atoms with Gasteiger partial charge in [-0.25, -0.2) is 8.42 Å². The molecule has 3 atom stereocenters. The summed E-state index contributed by atoms with van der Waals surface area (Å²) in [4.78, 5) is 12.7. The SMILES string of the molecule is O=C(C[C@@H]1C[C@H]2CC[C@@H]1C2)Nc1cccc(S(=O)(=O)N2CCCCC2)c1. The van der Waals surface area contributed by atoms with Crippen molar-refractivity contribution in [2.24, 2.45) is 17.8 Å². The number of fused-ring (bicyclic) bond motifs is 2. The molecule has 1 saturated heterocycles. The van der Waals surface area contributed by atoms with Crippen LogP contribution >= 0.6 is 0 Å². The molecule has 5 nitrogen and oxygen atoms in total. The molecule has 2 aliphatic carbocycles. The summed E-state index contributed by atoms with van der Waals surface area (Å²) in [6.07, 6.45) is 8.56. The van der Waals surface area contributed by atoms with Gasteiger partial charge in [-0.05, 0) is 68.1 Å². The molecule has 1 aromatic rings. The lowest BCUT2D eigenvalue weighted by Gasteiger charge is -2.26. The van der Waals surface area contributed by atoms with Crippen molar-refractivity contribution in [3.05, 3.63) is 24.3 Å². The van der Waals surface area contributed by atoms with E-state index in [-0.39, 0.29) is 10.8 Å². The number of nitrogens with zero attached hydrogens (tertiary/aromatic N) is 1. The van der Waals surface area contributed by atoms with E-state index in [9.17, 15) is 13.2 Å². The van der Waals surface area contributed by atoms with Crippen molar-refractivity contribution >= 4 is 21.6 Å². The summed E-state index contributed by atoms with van der Waals surface area (Å²) in [5.41, 5.74) is 0.580.